The lowest BCUT2D eigenvalue weighted by atomic mass is 10.2. The summed E-state index contributed by atoms with van der Waals surface area (Å²) < 4.78 is 1.75. The molecular weight excluding hydrogens is 420 g/mol. The number of carbonyl (C=O) groups is 2. The van der Waals surface area contributed by atoms with Gasteiger partial charge in [0, 0.05) is 29.2 Å². The third-order valence-corrected chi connectivity index (χ3v) is 5.83. The predicted molar refractivity (Wildman–Crippen MR) is 110 cm³/mol. The van der Waals surface area contributed by atoms with Crippen LogP contribution in [0.1, 0.15) is 23.1 Å². The zero-order chi connectivity index (χ0) is 20.1. The van der Waals surface area contributed by atoms with Gasteiger partial charge in [0.05, 0.1) is 11.8 Å². The molecule has 0 spiro atoms. The summed E-state index contributed by atoms with van der Waals surface area (Å²) in [6.07, 6.45) is 1.63. The number of halogens is 1. The van der Waals surface area contributed by atoms with Crippen LogP contribution in [0.25, 0.3) is 0 Å². The van der Waals surface area contributed by atoms with Crippen LogP contribution in [-0.4, -0.2) is 36.8 Å². The molecule has 11 heteroatoms. The number of thiazole rings is 1. The molecule has 0 unspecified atom stereocenters. The number of amides is 2. The Morgan fingerprint density at radius 2 is 2.04 bits per heavy atom. The van der Waals surface area contributed by atoms with E-state index in [9.17, 15) is 9.59 Å². The summed E-state index contributed by atoms with van der Waals surface area (Å²) in [7, 11) is 1.79. The minimum Gasteiger partial charge on any atom is -0.345 e. The number of hydrogen-bond donors (Lipinski definition) is 2. The molecular formula is C17H17ClN6O2S2. The van der Waals surface area contributed by atoms with E-state index in [2.05, 4.69) is 25.8 Å². The fraction of sp³-hybridized carbons (Fsp3) is 0.235. The van der Waals surface area contributed by atoms with Crippen LogP contribution in [0.3, 0.4) is 0 Å². The van der Waals surface area contributed by atoms with E-state index in [-0.39, 0.29) is 23.6 Å². The first kappa shape index (κ1) is 20.3. The first-order chi connectivity index (χ1) is 13.4. The average Bonchev–Trinajstić information content (AvgIpc) is 3.31. The number of nitrogens with zero attached hydrogens (tertiary/aromatic N) is 4. The first-order valence-electron chi connectivity index (χ1n) is 8.23. The summed E-state index contributed by atoms with van der Waals surface area (Å²) in [5.74, 6) is 0.183. The van der Waals surface area contributed by atoms with Gasteiger partial charge in [0.15, 0.2) is 16.1 Å². The quantitative estimate of drug-likeness (QED) is 0.552. The molecule has 3 rings (SSSR count). The lowest BCUT2D eigenvalue weighted by Crippen LogP contribution is -2.24. The van der Waals surface area contributed by atoms with Crippen molar-refractivity contribution in [2.45, 2.75) is 23.9 Å². The largest absolute Gasteiger partial charge is 0.345 e. The normalized spacial score (nSPS) is 11.8. The molecule has 0 aliphatic heterocycles. The predicted octanol–water partition coefficient (Wildman–Crippen LogP) is 2.97. The van der Waals surface area contributed by atoms with Gasteiger partial charge in [-0.2, -0.15) is 0 Å². The van der Waals surface area contributed by atoms with Crippen molar-refractivity contribution >= 4 is 51.6 Å². The summed E-state index contributed by atoms with van der Waals surface area (Å²) >= 11 is 8.47. The van der Waals surface area contributed by atoms with Crippen molar-refractivity contribution in [3.63, 3.8) is 0 Å². The Hall–Kier alpha value is -2.43. The highest BCUT2D eigenvalue weighted by Crippen LogP contribution is 2.23. The van der Waals surface area contributed by atoms with Gasteiger partial charge in [-0.05, 0) is 31.2 Å². The van der Waals surface area contributed by atoms with Gasteiger partial charge in [0.2, 0.25) is 5.91 Å². The van der Waals surface area contributed by atoms with Crippen LogP contribution >= 0.6 is 34.7 Å². The van der Waals surface area contributed by atoms with Crippen molar-refractivity contribution in [2.75, 3.05) is 5.32 Å². The zero-order valence-electron chi connectivity index (χ0n) is 15.0. The fourth-order valence-electron chi connectivity index (χ4n) is 2.17. The third kappa shape index (κ3) is 5.09. The lowest BCUT2D eigenvalue weighted by molar-refractivity contribution is -0.115. The van der Waals surface area contributed by atoms with Crippen LogP contribution < -0.4 is 10.6 Å². The Morgan fingerprint density at radius 1 is 1.29 bits per heavy atom. The van der Waals surface area contributed by atoms with E-state index < -0.39 is 0 Å². The van der Waals surface area contributed by atoms with E-state index in [0.29, 0.717) is 26.7 Å². The molecule has 28 heavy (non-hydrogen) atoms. The van der Waals surface area contributed by atoms with Crippen molar-refractivity contribution in [2.24, 2.45) is 7.05 Å². The molecule has 0 fully saturated rings. The molecule has 8 nitrogen and oxygen atoms in total. The maximum atomic E-state index is 12.2. The summed E-state index contributed by atoms with van der Waals surface area (Å²) in [5.41, 5.74) is 0.508. The number of aromatic nitrogens is 4. The van der Waals surface area contributed by atoms with Crippen LogP contribution in [0.4, 0.5) is 5.13 Å². The van der Waals surface area contributed by atoms with Gasteiger partial charge >= 0.3 is 0 Å². The van der Waals surface area contributed by atoms with Crippen molar-refractivity contribution in [3.05, 3.63) is 52.3 Å². The lowest BCUT2D eigenvalue weighted by Gasteiger charge is -2.10. The molecule has 146 valence electrons. The minimum atomic E-state index is -0.386. The number of carbonyl (C=O) groups excluding carboxylic acids is 2. The molecule has 2 amide bonds. The summed E-state index contributed by atoms with van der Waals surface area (Å²) in [6, 6.07) is 6.62. The van der Waals surface area contributed by atoms with E-state index in [4.69, 9.17) is 11.6 Å². The van der Waals surface area contributed by atoms with Gasteiger partial charge in [-0.15, -0.1) is 21.5 Å². The Bertz CT molecular complexity index is 959. The molecule has 0 saturated heterocycles. The number of hydrogen-bond acceptors (Lipinski definition) is 7. The second-order valence-corrected chi connectivity index (χ2v) is 8.37. The number of anilines is 1. The molecule has 2 heterocycles. The molecule has 0 radical (unpaired) electrons. The number of nitrogens with one attached hydrogen (secondary N) is 2. The van der Waals surface area contributed by atoms with E-state index >= 15 is 0 Å². The second-order valence-electron chi connectivity index (χ2n) is 5.73. The van der Waals surface area contributed by atoms with Gasteiger partial charge in [-0.25, -0.2) is 4.98 Å². The van der Waals surface area contributed by atoms with Crippen LogP contribution in [0.5, 0.6) is 0 Å². The van der Waals surface area contributed by atoms with Crippen molar-refractivity contribution < 1.29 is 9.59 Å². The summed E-state index contributed by atoms with van der Waals surface area (Å²) in [4.78, 5) is 28.5. The molecule has 0 saturated carbocycles. The second kappa shape index (κ2) is 9.18. The van der Waals surface area contributed by atoms with Crippen LogP contribution in [-0.2, 0) is 18.4 Å². The SMILES string of the molecule is C[C@@H](Sc1nnc(CNC(=O)c2ccc(Cl)cc2)n1C)C(=O)Nc1nccs1. The molecule has 0 aliphatic rings. The van der Waals surface area contributed by atoms with Gasteiger partial charge in [-0.3, -0.25) is 9.59 Å². The van der Waals surface area contributed by atoms with Crippen LogP contribution in [0.15, 0.2) is 41.0 Å². The Kier molecular flexibility index (Phi) is 6.65. The topological polar surface area (TPSA) is 102 Å². The molecule has 2 N–H and O–H groups in total. The highest BCUT2D eigenvalue weighted by atomic mass is 35.5. The molecule has 1 atom stereocenters. The minimum absolute atomic E-state index is 0.166. The fourth-order valence-corrected chi connectivity index (χ4v) is 3.66. The van der Waals surface area contributed by atoms with E-state index in [1.807, 2.05) is 0 Å². The van der Waals surface area contributed by atoms with Crippen molar-refractivity contribution in [3.8, 4) is 0 Å². The van der Waals surface area contributed by atoms with Crippen LogP contribution in [0.2, 0.25) is 5.02 Å². The molecule has 0 aliphatic carbocycles. The smallest absolute Gasteiger partial charge is 0.251 e. The maximum Gasteiger partial charge on any atom is 0.251 e. The van der Waals surface area contributed by atoms with Gasteiger partial charge in [-0.1, -0.05) is 23.4 Å². The summed E-state index contributed by atoms with van der Waals surface area (Å²) in [5, 5.41) is 16.9. The highest BCUT2D eigenvalue weighted by Gasteiger charge is 2.20. The summed E-state index contributed by atoms with van der Waals surface area (Å²) in [6.45, 7) is 2.00. The third-order valence-electron chi connectivity index (χ3n) is 3.75. The number of thioether (sulfide) groups is 1. The van der Waals surface area contributed by atoms with Crippen molar-refractivity contribution in [1.82, 2.24) is 25.1 Å². The first-order valence-corrected chi connectivity index (χ1v) is 10.4. The highest BCUT2D eigenvalue weighted by molar-refractivity contribution is 8.00. The molecule has 0 bridgehead atoms. The van der Waals surface area contributed by atoms with E-state index in [0.717, 1.165) is 0 Å². The number of rotatable bonds is 7. The average molecular weight is 437 g/mol. The monoisotopic (exact) mass is 436 g/mol. The van der Waals surface area contributed by atoms with Crippen molar-refractivity contribution in [1.29, 1.82) is 0 Å². The Labute approximate surface area is 174 Å². The van der Waals surface area contributed by atoms with E-state index in [1.54, 1.807) is 54.4 Å². The Morgan fingerprint density at radius 3 is 2.71 bits per heavy atom. The van der Waals surface area contributed by atoms with Gasteiger partial charge < -0.3 is 15.2 Å². The maximum absolute atomic E-state index is 12.2. The molecule has 2 aromatic heterocycles. The Balaban J connectivity index is 1.56. The molecule has 1 aromatic carbocycles. The standard InChI is InChI=1S/C17H17ClN6O2S2/c1-10(14(25)21-16-19-7-8-27-16)28-17-23-22-13(24(17)2)9-20-15(26)11-3-5-12(18)6-4-11/h3-8,10H,9H2,1-2H3,(H,20,26)(H,19,21,25)/t10-/m1/s1. The van der Waals surface area contributed by atoms with Crippen LogP contribution in [0, 0.1) is 0 Å². The zero-order valence-corrected chi connectivity index (χ0v) is 17.4. The van der Waals surface area contributed by atoms with E-state index in [1.165, 1.54) is 23.1 Å². The van der Waals surface area contributed by atoms with Gasteiger partial charge in [0.1, 0.15) is 0 Å². The number of benzene rings is 1. The van der Waals surface area contributed by atoms with Gasteiger partial charge in [0.25, 0.3) is 5.91 Å². The molecule has 3 aromatic rings.